The van der Waals surface area contributed by atoms with Crippen molar-refractivity contribution in [3.05, 3.63) is 35.9 Å². The zero-order chi connectivity index (χ0) is 11.9. The first-order chi connectivity index (χ1) is 7.64. The van der Waals surface area contributed by atoms with Gasteiger partial charge in [-0.05, 0) is 50.8 Å². The summed E-state index contributed by atoms with van der Waals surface area (Å²) in [5.41, 5.74) is 1.47. The van der Waals surface area contributed by atoms with Crippen LogP contribution < -0.4 is 5.32 Å². The second kappa shape index (κ2) is 6.94. The molecule has 0 amide bonds. The fraction of sp³-hybridized carbons (Fsp3) is 0.538. The van der Waals surface area contributed by atoms with Gasteiger partial charge in [-0.25, -0.2) is 0 Å². The number of hydrogen-bond acceptors (Lipinski definition) is 3. The minimum absolute atomic E-state index is 0.113. The molecule has 2 nitrogen and oxygen atoms in total. The average Bonchev–Trinajstić information content (AvgIpc) is 2.25. The summed E-state index contributed by atoms with van der Waals surface area (Å²) >= 11 is 0.916. The van der Waals surface area contributed by atoms with E-state index in [9.17, 15) is 0 Å². The molecule has 3 heteroatoms. The van der Waals surface area contributed by atoms with E-state index < -0.39 is 0 Å². The quantitative estimate of drug-likeness (QED) is 0.566. The molecule has 16 heavy (non-hydrogen) atoms. The van der Waals surface area contributed by atoms with E-state index in [0.29, 0.717) is 0 Å². The first kappa shape index (κ1) is 13.6. The van der Waals surface area contributed by atoms with Crippen LogP contribution in [0.2, 0.25) is 0 Å². The van der Waals surface area contributed by atoms with Gasteiger partial charge >= 0.3 is 0 Å². The lowest BCUT2D eigenvalue weighted by molar-refractivity contribution is 0.387. The summed E-state index contributed by atoms with van der Waals surface area (Å²) in [6, 6.07) is 10.5. The lowest BCUT2D eigenvalue weighted by Crippen LogP contribution is -2.41. The lowest BCUT2D eigenvalue weighted by atomic mass is 9.95. The van der Waals surface area contributed by atoms with E-state index in [1.165, 1.54) is 5.56 Å². The highest BCUT2D eigenvalue weighted by atomic mass is 32.2. The van der Waals surface area contributed by atoms with Gasteiger partial charge in [0.1, 0.15) is 0 Å². The Balaban J connectivity index is 2.33. The molecular formula is C13H21NOS. The minimum atomic E-state index is 0.113. The van der Waals surface area contributed by atoms with Gasteiger partial charge < -0.3 is 9.87 Å². The van der Waals surface area contributed by atoms with Crippen LogP contribution in [0.5, 0.6) is 0 Å². The average molecular weight is 239 g/mol. The van der Waals surface area contributed by atoms with Crippen LogP contribution in [0.3, 0.4) is 0 Å². The molecule has 0 saturated heterocycles. The number of hydrogen-bond donors (Lipinski definition) is 2. The Bertz CT molecular complexity index is 287. The molecule has 1 aromatic rings. The molecule has 90 valence electrons. The van der Waals surface area contributed by atoms with Crippen molar-refractivity contribution < 1.29 is 4.55 Å². The monoisotopic (exact) mass is 239 g/mol. The standard InChI is InChI=1S/C13H21NOS/c1-13(2,14-9-6-10-16-15)11-12-7-4-3-5-8-12/h3-5,7-8,14-15H,6,9-11H2,1-2H3. The molecule has 0 spiro atoms. The highest BCUT2D eigenvalue weighted by molar-refractivity contribution is 7.93. The van der Waals surface area contributed by atoms with Gasteiger partial charge in [-0.3, -0.25) is 0 Å². The molecule has 0 heterocycles. The van der Waals surface area contributed by atoms with E-state index in [2.05, 4.69) is 43.4 Å². The maximum Gasteiger partial charge on any atom is 0.0207 e. The lowest BCUT2D eigenvalue weighted by Gasteiger charge is -2.26. The topological polar surface area (TPSA) is 32.3 Å². The molecule has 0 aliphatic carbocycles. The van der Waals surface area contributed by atoms with Crippen molar-refractivity contribution in [2.75, 3.05) is 12.3 Å². The van der Waals surface area contributed by atoms with Crippen molar-refractivity contribution in [1.82, 2.24) is 5.32 Å². The molecule has 1 aromatic carbocycles. The van der Waals surface area contributed by atoms with Crippen LogP contribution >= 0.6 is 12.0 Å². The predicted octanol–water partition coefficient (Wildman–Crippen LogP) is 3.19. The van der Waals surface area contributed by atoms with E-state index in [0.717, 1.165) is 37.2 Å². The first-order valence-corrected chi connectivity index (χ1v) is 6.64. The highest BCUT2D eigenvalue weighted by Gasteiger charge is 2.16. The van der Waals surface area contributed by atoms with Crippen molar-refractivity contribution in [3.63, 3.8) is 0 Å². The second-order valence-corrected chi connectivity index (χ2v) is 5.33. The summed E-state index contributed by atoms with van der Waals surface area (Å²) < 4.78 is 8.62. The van der Waals surface area contributed by atoms with Crippen LogP contribution in [0.1, 0.15) is 25.8 Å². The maximum atomic E-state index is 8.62. The smallest absolute Gasteiger partial charge is 0.0207 e. The Labute approximate surface area is 103 Å². The first-order valence-electron chi connectivity index (χ1n) is 5.69. The Kier molecular flexibility index (Phi) is 5.88. The van der Waals surface area contributed by atoms with Gasteiger partial charge in [-0.15, -0.1) is 0 Å². The SMILES string of the molecule is CC(C)(Cc1ccccc1)NCCCSO. The molecule has 0 bridgehead atoms. The molecule has 0 radical (unpaired) electrons. The largest absolute Gasteiger partial charge is 0.330 e. The summed E-state index contributed by atoms with van der Waals surface area (Å²) in [5, 5.41) is 3.52. The number of nitrogens with one attached hydrogen (secondary N) is 1. The normalized spacial score (nSPS) is 11.7. The molecule has 0 saturated carbocycles. The van der Waals surface area contributed by atoms with E-state index in [1.807, 2.05) is 6.07 Å². The van der Waals surface area contributed by atoms with Crippen LogP contribution in [-0.2, 0) is 6.42 Å². The summed E-state index contributed by atoms with van der Waals surface area (Å²) in [7, 11) is 0. The van der Waals surface area contributed by atoms with Crippen LogP contribution in [0, 0.1) is 0 Å². The van der Waals surface area contributed by atoms with Gasteiger partial charge in [0.05, 0.1) is 0 Å². The molecule has 1 rings (SSSR count). The third-order valence-corrected chi connectivity index (χ3v) is 2.98. The molecule has 0 aliphatic heterocycles. The molecule has 2 N–H and O–H groups in total. The molecule has 0 atom stereocenters. The Morgan fingerprint density at radius 2 is 1.94 bits per heavy atom. The van der Waals surface area contributed by atoms with Gasteiger partial charge in [0.2, 0.25) is 0 Å². The predicted molar refractivity (Wildman–Crippen MR) is 71.9 cm³/mol. The van der Waals surface area contributed by atoms with E-state index in [4.69, 9.17) is 4.55 Å². The zero-order valence-electron chi connectivity index (χ0n) is 10.1. The van der Waals surface area contributed by atoms with Crippen LogP contribution in [0.15, 0.2) is 30.3 Å². The molecular weight excluding hydrogens is 218 g/mol. The Morgan fingerprint density at radius 3 is 2.56 bits per heavy atom. The summed E-state index contributed by atoms with van der Waals surface area (Å²) in [5.74, 6) is 0.800. The summed E-state index contributed by atoms with van der Waals surface area (Å²) in [4.78, 5) is 0. The van der Waals surface area contributed by atoms with Gasteiger partial charge in [0.25, 0.3) is 0 Å². The van der Waals surface area contributed by atoms with E-state index in [1.54, 1.807) is 0 Å². The van der Waals surface area contributed by atoms with Gasteiger partial charge in [-0.2, -0.15) is 0 Å². The number of rotatable bonds is 7. The fourth-order valence-electron chi connectivity index (χ4n) is 1.73. The van der Waals surface area contributed by atoms with Crippen LogP contribution in [-0.4, -0.2) is 22.4 Å². The second-order valence-electron chi connectivity index (χ2n) is 4.66. The van der Waals surface area contributed by atoms with Crippen molar-refractivity contribution >= 4 is 12.0 Å². The van der Waals surface area contributed by atoms with Crippen LogP contribution in [0.25, 0.3) is 0 Å². The van der Waals surface area contributed by atoms with Crippen molar-refractivity contribution in [2.45, 2.75) is 32.2 Å². The Morgan fingerprint density at radius 1 is 1.25 bits per heavy atom. The highest BCUT2D eigenvalue weighted by Crippen LogP contribution is 2.12. The molecule has 0 aromatic heterocycles. The summed E-state index contributed by atoms with van der Waals surface area (Å²) in [6.07, 6.45) is 2.03. The van der Waals surface area contributed by atoms with E-state index in [-0.39, 0.29) is 5.54 Å². The van der Waals surface area contributed by atoms with Crippen molar-refractivity contribution in [3.8, 4) is 0 Å². The van der Waals surface area contributed by atoms with Gasteiger partial charge in [0, 0.05) is 11.3 Å². The summed E-state index contributed by atoms with van der Waals surface area (Å²) in [6.45, 7) is 5.38. The number of benzene rings is 1. The third kappa shape index (κ3) is 5.54. The van der Waals surface area contributed by atoms with Crippen molar-refractivity contribution in [1.29, 1.82) is 0 Å². The fourth-order valence-corrected chi connectivity index (χ4v) is 2.01. The van der Waals surface area contributed by atoms with Crippen LogP contribution in [0.4, 0.5) is 0 Å². The molecule has 0 aliphatic rings. The van der Waals surface area contributed by atoms with E-state index >= 15 is 0 Å². The minimum Gasteiger partial charge on any atom is -0.330 e. The van der Waals surface area contributed by atoms with Gasteiger partial charge in [-0.1, -0.05) is 30.3 Å². The zero-order valence-corrected chi connectivity index (χ0v) is 10.9. The third-order valence-electron chi connectivity index (χ3n) is 2.50. The molecule has 0 fully saturated rings. The Hall–Kier alpha value is -0.510. The van der Waals surface area contributed by atoms with Crippen molar-refractivity contribution in [2.24, 2.45) is 0 Å². The van der Waals surface area contributed by atoms with Gasteiger partial charge in [0.15, 0.2) is 0 Å². The molecule has 0 unspecified atom stereocenters. The maximum absolute atomic E-state index is 8.62.